The van der Waals surface area contributed by atoms with Crippen LogP contribution in [0.2, 0.25) is 0 Å². The number of hydrogen-bond acceptors (Lipinski definition) is 3. The van der Waals surface area contributed by atoms with Crippen molar-refractivity contribution in [1.29, 1.82) is 0 Å². The van der Waals surface area contributed by atoms with Gasteiger partial charge in [-0.25, -0.2) is 4.79 Å². The van der Waals surface area contributed by atoms with Gasteiger partial charge in [-0.1, -0.05) is 30.3 Å². The topological polar surface area (TPSA) is 60.1 Å². The Hall–Kier alpha value is -3.03. The Balaban J connectivity index is 1.84. The Labute approximate surface area is 145 Å². The molecule has 0 saturated heterocycles. The van der Waals surface area contributed by atoms with E-state index in [1.807, 2.05) is 30.3 Å². The van der Waals surface area contributed by atoms with Crippen LogP contribution in [0.1, 0.15) is 29.4 Å². The van der Waals surface area contributed by atoms with Gasteiger partial charge in [0.25, 0.3) is 0 Å². The van der Waals surface area contributed by atoms with E-state index in [0.717, 1.165) is 28.4 Å². The molecule has 2 heterocycles. The zero-order valence-corrected chi connectivity index (χ0v) is 13.4. The number of benzene rings is 2. The van der Waals surface area contributed by atoms with Gasteiger partial charge in [0, 0.05) is 6.42 Å². The van der Waals surface area contributed by atoms with E-state index >= 15 is 0 Å². The first kappa shape index (κ1) is 16.4. The first-order valence-electron chi connectivity index (χ1n) is 8.02. The number of phenolic OH excluding ortho intramolecular Hbond substituents is 1. The van der Waals surface area contributed by atoms with E-state index in [0.29, 0.717) is 18.7 Å². The van der Waals surface area contributed by atoms with Crippen LogP contribution in [0, 0.1) is 0 Å². The third-order valence-corrected chi connectivity index (χ3v) is 4.55. The molecule has 1 aliphatic heterocycles. The van der Waals surface area contributed by atoms with Crippen LogP contribution >= 0.6 is 0 Å². The summed E-state index contributed by atoms with van der Waals surface area (Å²) in [5.74, 6) is 0.0498. The number of alkyl halides is 3. The van der Waals surface area contributed by atoms with Gasteiger partial charge >= 0.3 is 11.9 Å². The SMILES string of the molecule is O=c1n(-c2cc(C(F)(F)F)ccc2O)nc2n1[C@H](c1ccccc1)CC2. The molecule has 134 valence electrons. The number of aromatic hydroxyl groups is 1. The Bertz CT molecular complexity index is 1020. The van der Waals surface area contributed by atoms with Crippen LogP contribution in [0.3, 0.4) is 0 Å². The molecular weight excluding hydrogens is 347 g/mol. The zero-order chi connectivity index (χ0) is 18.5. The highest BCUT2D eigenvalue weighted by Gasteiger charge is 2.33. The molecule has 1 aromatic heterocycles. The van der Waals surface area contributed by atoms with Gasteiger partial charge in [-0.2, -0.15) is 17.9 Å². The van der Waals surface area contributed by atoms with Crippen LogP contribution in [0.25, 0.3) is 5.69 Å². The number of aromatic nitrogens is 3. The molecule has 1 atom stereocenters. The molecule has 8 heteroatoms. The van der Waals surface area contributed by atoms with Gasteiger partial charge in [0.15, 0.2) is 0 Å². The summed E-state index contributed by atoms with van der Waals surface area (Å²) in [5.41, 5.74) is -0.870. The van der Waals surface area contributed by atoms with Crippen LogP contribution in [0.5, 0.6) is 5.75 Å². The Kier molecular flexibility index (Phi) is 3.64. The lowest BCUT2D eigenvalue weighted by Crippen LogP contribution is -2.26. The molecule has 0 saturated carbocycles. The standard InChI is InChI=1S/C18H14F3N3O2/c19-18(20,21)12-6-8-15(25)14(10-12)24-17(26)23-13(7-9-16(23)22-24)11-4-2-1-3-5-11/h1-6,8,10,13,25H,7,9H2/t13-/m0/s1. The second-order valence-corrected chi connectivity index (χ2v) is 6.15. The second kappa shape index (κ2) is 5.76. The highest BCUT2D eigenvalue weighted by molar-refractivity contribution is 5.48. The van der Waals surface area contributed by atoms with Crippen LogP contribution in [0.15, 0.2) is 53.3 Å². The molecule has 0 spiro atoms. The van der Waals surface area contributed by atoms with E-state index in [9.17, 15) is 23.1 Å². The van der Waals surface area contributed by atoms with Crippen molar-refractivity contribution in [2.45, 2.75) is 25.1 Å². The van der Waals surface area contributed by atoms with Gasteiger partial charge in [0.2, 0.25) is 0 Å². The summed E-state index contributed by atoms with van der Waals surface area (Å²) < 4.78 is 41.2. The van der Waals surface area contributed by atoms with Gasteiger partial charge in [0.1, 0.15) is 17.3 Å². The number of fused-ring (bicyclic) bond motifs is 1. The largest absolute Gasteiger partial charge is 0.506 e. The average Bonchev–Trinajstić information content (AvgIpc) is 3.16. The number of rotatable bonds is 2. The van der Waals surface area contributed by atoms with Crippen molar-refractivity contribution in [3.8, 4) is 11.4 Å². The van der Waals surface area contributed by atoms with Crippen LogP contribution in [-0.4, -0.2) is 19.5 Å². The van der Waals surface area contributed by atoms with E-state index in [1.165, 1.54) is 4.57 Å². The Morgan fingerprint density at radius 3 is 2.54 bits per heavy atom. The second-order valence-electron chi connectivity index (χ2n) is 6.15. The number of halogens is 3. The molecule has 0 radical (unpaired) electrons. The summed E-state index contributed by atoms with van der Waals surface area (Å²) in [5, 5.41) is 14.1. The maximum absolute atomic E-state index is 13.0. The lowest BCUT2D eigenvalue weighted by atomic mass is 10.1. The fourth-order valence-corrected chi connectivity index (χ4v) is 3.31. The van der Waals surface area contributed by atoms with E-state index in [4.69, 9.17) is 0 Å². The minimum Gasteiger partial charge on any atom is -0.506 e. The Morgan fingerprint density at radius 2 is 1.85 bits per heavy atom. The first-order valence-corrected chi connectivity index (χ1v) is 8.02. The lowest BCUT2D eigenvalue weighted by Gasteiger charge is -2.12. The molecule has 0 aliphatic carbocycles. The average molecular weight is 361 g/mol. The third kappa shape index (κ3) is 2.58. The minimum absolute atomic E-state index is 0.222. The van der Waals surface area contributed by atoms with E-state index in [1.54, 1.807) is 0 Å². The summed E-state index contributed by atoms with van der Waals surface area (Å²) in [6, 6.07) is 11.6. The summed E-state index contributed by atoms with van der Waals surface area (Å²) in [6.07, 6.45) is -3.36. The van der Waals surface area contributed by atoms with E-state index < -0.39 is 23.2 Å². The molecule has 0 bridgehead atoms. The molecule has 2 aromatic carbocycles. The lowest BCUT2D eigenvalue weighted by molar-refractivity contribution is -0.137. The molecule has 0 fully saturated rings. The van der Waals surface area contributed by atoms with E-state index in [2.05, 4.69) is 5.10 Å². The first-order chi connectivity index (χ1) is 12.4. The van der Waals surface area contributed by atoms with Crippen molar-refractivity contribution in [1.82, 2.24) is 14.3 Å². The molecule has 5 nitrogen and oxygen atoms in total. The van der Waals surface area contributed by atoms with Crippen LogP contribution in [0.4, 0.5) is 13.2 Å². The fourth-order valence-electron chi connectivity index (χ4n) is 3.31. The van der Waals surface area contributed by atoms with Crippen molar-refractivity contribution in [2.24, 2.45) is 0 Å². The fraction of sp³-hybridized carbons (Fsp3) is 0.222. The van der Waals surface area contributed by atoms with Crippen molar-refractivity contribution < 1.29 is 18.3 Å². The molecule has 0 amide bonds. The summed E-state index contributed by atoms with van der Waals surface area (Å²) in [7, 11) is 0. The molecule has 1 aliphatic rings. The zero-order valence-electron chi connectivity index (χ0n) is 13.4. The molecule has 4 rings (SSSR count). The van der Waals surface area contributed by atoms with Crippen LogP contribution in [-0.2, 0) is 12.6 Å². The number of hydrogen-bond donors (Lipinski definition) is 1. The van der Waals surface area contributed by atoms with Gasteiger partial charge in [0.05, 0.1) is 11.6 Å². The number of aryl methyl sites for hydroxylation is 1. The molecular formula is C18H14F3N3O2. The summed E-state index contributed by atoms with van der Waals surface area (Å²) in [4.78, 5) is 12.8. The predicted octanol–water partition coefficient (Wildman–Crippen LogP) is 3.29. The maximum atomic E-state index is 13.0. The summed E-state index contributed by atoms with van der Waals surface area (Å²) >= 11 is 0. The monoisotopic (exact) mass is 361 g/mol. The van der Waals surface area contributed by atoms with Crippen molar-refractivity contribution in [2.75, 3.05) is 0 Å². The van der Waals surface area contributed by atoms with Gasteiger partial charge < -0.3 is 5.11 Å². The minimum atomic E-state index is -4.58. The highest BCUT2D eigenvalue weighted by atomic mass is 19.4. The molecule has 3 aromatic rings. The Morgan fingerprint density at radius 1 is 1.12 bits per heavy atom. The normalized spacial score (nSPS) is 16.7. The molecule has 0 unspecified atom stereocenters. The van der Waals surface area contributed by atoms with Crippen molar-refractivity contribution >= 4 is 0 Å². The smallest absolute Gasteiger partial charge is 0.416 e. The van der Waals surface area contributed by atoms with E-state index in [-0.39, 0.29) is 11.7 Å². The van der Waals surface area contributed by atoms with Gasteiger partial charge in [-0.05, 0) is 30.2 Å². The van der Waals surface area contributed by atoms with Crippen LogP contribution < -0.4 is 5.69 Å². The maximum Gasteiger partial charge on any atom is 0.416 e. The quantitative estimate of drug-likeness (QED) is 0.762. The van der Waals surface area contributed by atoms with Gasteiger partial charge in [-0.3, -0.25) is 4.57 Å². The highest BCUT2D eigenvalue weighted by Crippen LogP contribution is 2.34. The number of phenols is 1. The van der Waals surface area contributed by atoms with Crippen molar-refractivity contribution in [3.05, 3.63) is 76.0 Å². The third-order valence-electron chi connectivity index (χ3n) is 4.55. The predicted molar refractivity (Wildman–Crippen MR) is 87.4 cm³/mol. The molecule has 26 heavy (non-hydrogen) atoms. The summed E-state index contributed by atoms with van der Waals surface area (Å²) in [6.45, 7) is 0. The van der Waals surface area contributed by atoms with Gasteiger partial charge in [-0.15, -0.1) is 5.10 Å². The molecule has 1 N–H and O–H groups in total. The van der Waals surface area contributed by atoms with Crippen molar-refractivity contribution in [3.63, 3.8) is 0 Å². The number of nitrogens with zero attached hydrogens (tertiary/aromatic N) is 3.